The van der Waals surface area contributed by atoms with E-state index in [-0.39, 0.29) is 0 Å². The molecule has 0 bridgehead atoms. The standard InChI is InChI=1S/C21H21N/c1-22(16-8-11-18-9-3-2-4-10-18)17-20-14-7-13-19-12-5-6-15-21(19)20/h2-15H,16-17H2,1H3/b11-8+/i2D. The van der Waals surface area contributed by atoms with Crippen LogP contribution in [-0.4, -0.2) is 18.5 Å². The smallest absolute Gasteiger partial charge is 0.0623 e. The molecule has 0 saturated carbocycles. The van der Waals surface area contributed by atoms with Gasteiger partial charge >= 0.3 is 0 Å². The summed E-state index contributed by atoms with van der Waals surface area (Å²) in [7, 11) is 2.14. The zero-order valence-corrected chi connectivity index (χ0v) is 12.9. The zero-order chi connectivity index (χ0) is 16.1. The number of hydrogen-bond acceptors (Lipinski definition) is 1. The molecule has 0 saturated heterocycles. The Morgan fingerprint density at radius 1 is 0.955 bits per heavy atom. The van der Waals surface area contributed by atoms with Crippen molar-refractivity contribution in [3.05, 3.63) is 90.0 Å². The van der Waals surface area contributed by atoms with Gasteiger partial charge in [-0.25, -0.2) is 0 Å². The first kappa shape index (κ1) is 13.3. The second-order valence-electron chi connectivity index (χ2n) is 5.57. The number of hydrogen-bond donors (Lipinski definition) is 0. The summed E-state index contributed by atoms with van der Waals surface area (Å²) in [6, 6.07) is 23.2. The van der Waals surface area contributed by atoms with E-state index in [2.05, 4.69) is 66.6 Å². The van der Waals surface area contributed by atoms with Gasteiger partial charge in [0.1, 0.15) is 0 Å². The molecule has 1 nitrogen and oxygen atoms in total. The third-order valence-corrected chi connectivity index (χ3v) is 3.79. The van der Waals surface area contributed by atoms with E-state index in [9.17, 15) is 0 Å². The van der Waals surface area contributed by atoms with E-state index in [0.29, 0.717) is 6.04 Å². The molecule has 0 aliphatic carbocycles. The molecule has 0 aliphatic rings. The van der Waals surface area contributed by atoms with Crippen LogP contribution in [-0.2, 0) is 6.54 Å². The number of likely N-dealkylation sites (N-methyl/N-ethyl adjacent to an activating group) is 1. The highest BCUT2D eigenvalue weighted by Crippen LogP contribution is 2.19. The molecule has 3 aromatic rings. The quantitative estimate of drug-likeness (QED) is 0.639. The van der Waals surface area contributed by atoms with Crippen LogP contribution in [0.15, 0.2) is 78.8 Å². The van der Waals surface area contributed by atoms with E-state index >= 15 is 0 Å². The van der Waals surface area contributed by atoms with Crippen LogP contribution in [0.3, 0.4) is 0 Å². The summed E-state index contributed by atoms with van der Waals surface area (Å²) in [4.78, 5) is 2.30. The summed E-state index contributed by atoms with van der Waals surface area (Å²) in [6.07, 6.45) is 4.28. The molecule has 0 aromatic heterocycles. The van der Waals surface area contributed by atoms with Gasteiger partial charge in [-0.2, -0.15) is 0 Å². The van der Waals surface area contributed by atoms with Gasteiger partial charge in [0.25, 0.3) is 0 Å². The molecule has 3 rings (SSSR count). The minimum atomic E-state index is 0.551. The van der Waals surface area contributed by atoms with Gasteiger partial charge in [-0.05, 0) is 28.9 Å². The number of fused-ring (bicyclic) bond motifs is 1. The molecular formula is C21H21N. The van der Waals surface area contributed by atoms with E-state index in [1.807, 2.05) is 24.3 Å². The molecule has 1 heteroatoms. The maximum absolute atomic E-state index is 7.50. The first-order valence-corrected chi connectivity index (χ1v) is 7.61. The molecule has 3 aromatic carbocycles. The van der Waals surface area contributed by atoms with Crippen LogP contribution >= 0.6 is 0 Å². The Morgan fingerprint density at radius 3 is 2.59 bits per heavy atom. The van der Waals surface area contributed by atoms with Crippen LogP contribution in [0, 0.1) is 0 Å². The fraction of sp³-hybridized carbons (Fsp3) is 0.143. The molecule has 0 amide bonds. The van der Waals surface area contributed by atoms with Crippen molar-refractivity contribution in [2.75, 3.05) is 13.6 Å². The predicted molar refractivity (Wildman–Crippen MR) is 95.8 cm³/mol. The van der Waals surface area contributed by atoms with Gasteiger partial charge < -0.3 is 0 Å². The molecular weight excluding hydrogens is 266 g/mol. The van der Waals surface area contributed by atoms with Gasteiger partial charge in [0.2, 0.25) is 0 Å². The third-order valence-electron chi connectivity index (χ3n) is 3.79. The number of rotatable bonds is 5. The fourth-order valence-corrected chi connectivity index (χ4v) is 2.67. The molecule has 0 radical (unpaired) electrons. The third kappa shape index (κ3) is 3.63. The molecule has 0 heterocycles. The molecule has 110 valence electrons. The largest absolute Gasteiger partial charge is 0.298 e. The van der Waals surface area contributed by atoms with Crippen molar-refractivity contribution in [2.24, 2.45) is 0 Å². The van der Waals surface area contributed by atoms with Crippen molar-refractivity contribution in [3.63, 3.8) is 0 Å². The molecule has 0 unspecified atom stereocenters. The zero-order valence-electron chi connectivity index (χ0n) is 13.9. The summed E-state index contributed by atoms with van der Waals surface area (Å²) >= 11 is 0. The van der Waals surface area contributed by atoms with Crippen LogP contribution < -0.4 is 0 Å². The maximum atomic E-state index is 7.50. The molecule has 0 fully saturated rings. The van der Waals surface area contributed by atoms with Gasteiger partial charge in [-0.15, -0.1) is 0 Å². The van der Waals surface area contributed by atoms with Crippen LogP contribution in [0.5, 0.6) is 0 Å². The average molecular weight is 288 g/mol. The lowest BCUT2D eigenvalue weighted by molar-refractivity contribution is 0.365. The monoisotopic (exact) mass is 288 g/mol. The van der Waals surface area contributed by atoms with Crippen LogP contribution in [0.25, 0.3) is 16.8 Å². The lowest BCUT2D eigenvalue weighted by atomic mass is 10.0. The summed E-state index contributed by atoms with van der Waals surface area (Å²) < 4.78 is 7.50. The second-order valence-corrected chi connectivity index (χ2v) is 5.57. The van der Waals surface area contributed by atoms with E-state index < -0.39 is 0 Å². The SMILES string of the molecule is [2H]c1ccc(/C=C/CN(C)Cc2cccc3ccccc23)cc1. The van der Waals surface area contributed by atoms with Gasteiger partial charge in [-0.3, -0.25) is 4.90 Å². The van der Waals surface area contributed by atoms with Gasteiger partial charge in [0.05, 0.1) is 1.37 Å². The van der Waals surface area contributed by atoms with Crippen molar-refractivity contribution in [1.29, 1.82) is 0 Å². The van der Waals surface area contributed by atoms with Gasteiger partial charge in [0, 0.05) is 13.1 Å². The van der Waals surface area contributed by atoms with Crippen molar-refractivity contribution in [2.45, 2.75) is 6.54 Å². The van der Waals surface area contributed by atoms with E-state index in [4.69, 9.17) is 1.37 Å². The van der Waals surface area contributed by atoms with Crippen LogP contribution in [0.1, 0.15) is 12.5 Å². The van der Waals surface area contributed by atoms with Crippen molar-refractivity contribution >= 4 is 16.8 Å². The Kier molecular flexibility index (Phi) is 4.26. The topological polar surface area (TPSA) is 3.24 Å². The minimum Gasteiger partial charge on any atom is -0.298 e. The Labute approximate surface area is 133 Å². The minimum absolute atomic E-state index is 0.551. The van der Waals surface area contributed by atoms with Crippen LogP contribution in [0.2, 0.25) is 0 Å². The summed E-state index contributed by atoms with van der Waals surface area (Å²) in [5.41, 5.74) is 2.50. The highest BCUT2D eigenvalue weighted by atomic mass is 15.1. The summed E-state index contributed by atoms with van der Waals surface area (Å²) in [5.74, 6) is 0. The lowest BCUT2D eigenvalue weighted by Gasteiger charge is -2.16. The first-order chi connectivity index (χ1) is 11.2. The Bertz CT molecular complexity index is 800. The van der Waals surface area contributed by atoms with E-state index in [0.717, 1.165) is 18.7 Å². The Hall–Kier alpha value is -2.38. The molecule has 22 heavy (non-hydrogen) atoms. The Balaban J connectivity index is 1.64. The average Bonchev–Trinajstić information content (AvgIpc) is 2.57. The van der Waals surface area contributed by atoms with Crippen molar-refractivity contribution in [1.82, 2.24) is 4.90 Å². The summed E-state index contributed by atoms with van der Waals surface area (Å²) in [6.45, 7) is 1.82. The highest BCUT2D eigenvalue weighted by molar-refractivity contribution is 5.85. The Morgan fingerprint density at radius 2 is 1.73 bits per heavy atom. The van der Waals surface area contributed by atoms with Gasteiger partial charge in [-0.1, -0.05) is 84.9 Å². The highest BCUT2D eigenvalue weighted by Gasteiger charge is 2.03. The fourth-order valence-electron chi connectivity index (χ4n) is 2.67. The summed E-state index contributed by atoms with van der Waals surface area (Å²) in [5, 5.41) is 2.63. The predicted octanol–water partition coefficient (Wildman–Crippen LogP) is 4.99. The first-order valence-electron chi connectivity index (χ1n) is 8.11. The van der Waals surface area contributed by atoms with Crippen molar-refractivity contribution in [3.8, 4) is 0 Å². The van der Waals surface area contributed by atoms with E-state index in [1.165, 1.54) is 16.3 Å². The normalized spacial score (nSPS) is 12.2. The van der Waals surface area contributed by atoms with Crippen LogP contribution in [0.4, 0.5) is 0 Å². The molecule has 0 aliphatic heterocycles. The number of nitrogens with zero attached hydrogens (tertiary/aromatic N) is 1. The molecule has 0 atom stereocenters. The second kappa shape index (κ2) is 7.06. The van der Waals surface area contributed by atoms with Gasteiger partial charge in [0.15, 0.2) is 0 Å². The van der Waals surface area contributed by atoms with Crippen molar-refractivity contribution < 1.29 is 1.37 Å². The number of benzene rings is 3. The lowest BCUT2D eigenvalue weighted by Crippen LogP contribution is -2.17. The molecule has 0 N–H and O–H groups in total. The molecule has 0 spiro atoms. The maximum Gasteiger partial charge on any atom is 0.0623 e. The van der Waals surface area contributed by atoms with E-state index in [1.54, 1.807) is 0 Å².